The number of sulfone groups is 1. The summed E-state index contributed by atoms with van der Waals surface area (Å²) < 4.78 is 24.7. The van der Waals surface area contributed by atoms with E-state index in [-0.39, 0.29) is 48.6 Å². The smallest absolute Gasteiger partial charge is 0.263 e. The number of benzene rings is 1. The molecule has 9 nitrogen and oxygen atoms in total. The van der Waals surface area contributed by atoms with Crippen LogP contribution in [-0.4, -0.2) is 59.4 Å². The molecule has 1 aromatic carbocycles. The molecule has 1 amide bonds. The number of rotatable bonds is 8. The normalized spacial score (nSPS) is 17.1. The Bertz CT molecular complexity index is 1410. The fourth-order valence-corrected chi connectivity index (χ4v) is 6.75. The van der Waals surface area contributed by atoms with Crippen molar-refractivity contribution < 1.29 is 13.2 Å². The van der Waals surface area contributed by atoms with E-state index < -0.39 is 9.84 Å². The Morgan fingerprint density at radius 2 is 2.12 bits per heavy atom. The Morgan fingerprint density at radius 3 is 2.76 bits per heavy atom. The molecule has 1 fully saturated rings. The summed E-state index contributed by atoms with van der Waals surface area (Å²) in [6.45, 7) is 2.49. The third kappa shape index (κ3) is 5.19. The second-order valence-electron chi connectivity index (χ2n) is 8.24. The summed E-state index contributed by atoms with van der Waals surface area (Å²) in [4.78, 5) is 33.0. The van der Waals surface area contributed by atoms with Crippen molar-refractivity contribution in [1.29, 1.82) is 5.26 Å². The number of hydrogen-bond donors (Lipinski definition) is 1. The van der Waals surface area contributed by atoms with Crippen molar-refractivity contribution in [3.8, 4) is 17.2 Å². The number of nitrogens with zero attached hydrogens (tertiary/aromatic N) is 4. The van der Waals surface area contributed by atoms with Crippen molar-refractivity contribution in [3.05, 3.63) is 51.9 Å². The van der Waals surface area contributed by atoms with E-state index >= 15 is 0 Å². The van der Waals surface area contributed by atoms with Gasteiger partial charge in [0.25, 0.3) is 5.56 Å². The second kappa shape index (κ2) is 10.0. The van der Waals surface area contributed by atoms with Crippen LogP contribution in [0.4, 0.5) is 0 Å². The Hall–Kier alpha value is -3.07. The average Bonchev–Trinajstić information content (AvgIpc) is 3.39. The fourth-order valence-electron chi connectivity index (χ4n) is 4.12. The van der Waals surface area contributed by atoms with Crippen LogP contribution < -0.4 is 10.9 Å². The molecular weight excluding hydrogens is 474 g/mol. The van der Waals surface area contributed by atoms with Gasteiger partial charge in [-0.1, -0.05) is 37.3 Å². The zero-order chi connectivity index (χ0) is 24.3. The first-order valence-corrected chi connectivity index (χ1v) is 13.7. The predicted octanol–water partition coefficient (Wildman–Crippen LogP) is 1.77. The monoisotopic (exact) mass is 499 g/mol. The van der Waals surface area contributed by atoms with Crippen LogP contribution in [0.3, 0.4) is 0 Å². The predicted molar refractivity (Wildman–Crippen MR) is 131 cm³/mol. The lowest BCUT2D eigenvalue weighted by Crippen LogP contribution is -2.43. The molecule has 0 aliphatic carbocycles. The molecule has 0 unspecified atom stereocenters. The summed E-state index contributed by atoms with van der Waals surface area (Å²) in [6, 6.07) is 11.2. The highest BCUT2D eigenvalue weighted by Gasteiger charge is 2.29. The van der Waals surface area contributed by atoms with Gasteiger partial charge in [0.15, 0.2) is 9.84 Å². The summed E-state index contributed by atoms with van der Waals surface area (Å²) in [6.07, 6.45) is 0.419. The summed E-state index contributed by atoms with van der Waals surface area (Å²) >= 11 is 1.37. The molecule has 11 heteroatoms. The number of carbonyl (C=O) groups excluding carboxylic acids is 1. The molecule has 0 saturated carbocycles. The minimum absolute atomic E-state index is 0.0348. The molecule has 34 heavy (non-hydrogen) atoms. The summed E-state index contributed by atoms with van der Waals surface area (Å²) in [5, 5.41) is 14.5. The van der Waals surface area contributed by atoms with Crippen molar-refractivity contribution in [1.82, 2.24) is 19.8 Å². The Labute approximate surface area is 201 Å². The van der Waals surface area contributed by atoms with Crippen LogP contribution in [0.1, 0.15) is 19.2 Å². The number of nitrogens with one attached hydrogen (secondary N) is 1. The van der Waals surface area contributed by atoms with Gasteiger partial charge in [0.1, 0.15) is 17.2 Å². The van der Waals surface area contributed by atoms with E-state index in [9.17, 15) is 23.3 Å². The highest BCUT2D eigenvalue weighted by molar-refractivity contribution is 7.91. The van der Waals surface area contributed by atoms with Crippen molar-refractivity contribution in [2.75, 3.05) is 24.6 Å². The number of hydrogen-bond acceptors (Lipinski definition) is 8. The standard InChI is InChI=1S/C23H25N5O4S2/c1-2-27(13-20(29)25-17-8-11-34(31,32)15-17)12-19-26-22-21(23(30)28(19)10-9-24)18(14-33-22)16-6-4-3-5-7-16/h3-7,14,17H,2,8,10-13,15H2,1H3,(H,25,29)/t17-/m1/s1. The zero-order valence-corrected chi connectivity index (χ0v) is 20.4. The van der Waals surface area contributed by atoms with Gasteiger partial charge in [-0.3, -0.25) is 19.1 Å². The first kappa shape index (κ1) is 24.1. The van der Waals surface area contributed by atoms with E-state index in [1.54, 1.807) is 0 Å². The fraction of sp³-hybridized carbons (Fsp3) is 0.391. The molecule has 2 aromatic heterocycles. The van der Waals surface area contributed by atoms with Gasteiger partial charge >= 0.3 is 0 Å². The van der Waals surface area contributed by atoms with Crippen LogP contribution in [0.15, 0.2) is 40.5 Å². The first-order chi connectivity index (χ1) is 16.3. The maximum absolute atomic E-state index is 13.4. The lowest BCUT2D eigenvalue weighted by molar-refractivity contribution is -0.122. The van der Waals surface area contributed by atoms with E-state index in [1.165, 1.54) is 15.9 Å². The number of likely N-dealkylation sites (N-methyl/N-ethyl adjacent to an activating group) is 1. The summed E-state index contributed by atoms with van der Waals surface area (Å²) in [5.74, 6) is 0.193. The molecule has 0 radical (unpaired) electrons. The summed E-state index contributed by atoms with van der Waals surface area (Å²) in [5.41, 5.74) is 1.41. The van der Waals surface area contributed by atoms with E-state index in [1.807, 2.05) is 53.6 Å². The third-order valence-electron chi connectivity index (χ3n) is 5.86. The lowest BCUT2D eigenvalue weighted by Gasteiger charge is -2.22. The number of aromatic nitrogens is 2. The molecular formula is C23H25N5O4S2. The van der Waals surface area contributed by atoms with Crippen LogP contribution in [0.5, 0.6) is 0 Å². The molecule has 1 atom stereocenters. The van der Waals surface area contributed by atoms with Gasteiger partial charge in [0.05, 0.1) is 36.1 Å². The van der Waals surface area contributed by atoms with Gasteiger partial charge in [-0.15, -0.1) is 11.3 Å². The number of thiophene rings is 1. The van der Waals surface area contributed by atoms with Crippen molar-refractivity contribution >= 4 is 37.3 Å². The van der Waals surface area contributed by atoms with Crippen molar-refractivity contribution in [2.45, 2.75) is 32.5 Å². The number of nitriles is 1. The molecule has 1 N–H and O–H groups in total. The molecule has 1 aliphatic heterocycles. The molecule has 0 bridgehead atoms. The Balaban J connectivity index is 1.59. The van der Waals surface area contributed by atoms with Gasteiger partial charge in [-0.25, -0.2) is 13.4 Å². The SMILES string of the molecule is CCN(CC(=O)N[C@@H]1CCS(=O)(=O)C1)Cc1nc2scc(-c3ccccc3)c2c(=O)n1CC#N. The average molecular weight is 500 g/mol. The minimum Gasteiger partial charge on any atom is -0.351 e. The maximum Gasteiger partial charge on any atom is 0.263 e. The van der Waals surface area contributed by atoms with Gasteiger partial charge in [0, 0.05) is 17.0 Å². The second-order valence-corrected chi connectivity index (χ2v) is 11.3. The zero-order valence-electron chi connectivity index (χ0n) is 18.7. The Kier molecular flexibility index (Phi) is 7.11. The molecule has 1 saturated heterocycles. The van der Waals surface area contributed by atoms with Crippen LogP contribution in [0.2, 0.25) is 0 Å². The van der Waals surface area contributed by atoms with Crippen LogP contribution >= 0.6 is 11.3 Å². The van der Waals surface area contributed by atoms with Crippen molar-refractivity contribution in [3.63, 3.8) is 0 Å². The molecule has 0 spiro atoms. The van der Waals surface area contributed by atoms with E-state index in [0.29, 0.717) is 29.0 Å². The molecule has 3 heterocycles. The molecule has 178 valence electrons. The van der Waals surface area contributed by atoms with Gasteiger partial charge in [-0.2, -0.15) is 5.26 Å². The number of fused-ring (bicyclic) bond motifs is 1. The van der Waals surface area contributed by atoms with Gasteiger partial charge in [0.2, 0.25) is 5.91 Å². The van der Waals surface area contributed by atoms with Gasteiger partial charge < -0.3 is 5.32 Å². The van der Waals surface area contributed by atoms with Crippen LogP contribution in [0, 0.1) is 11.3 Å². The van der Waals surface area contributed by atoms with Crippen molar-refractivity contribution in [2.24, 2.45) is 0 Å². The third-order valence-corrected chi connectivity index (χ3v) is 8.50. The topological polar surface area (TPSA) is 125 Å². The highest BCUT2D eigenvalue weighted by atomic mass is 32.2. The number of carbonyl (C=O) groups is 1. The summed E-state index contributed by atoms with van der Waals surface area (Å²) in [7, 11) is -3.09. The Morgan fingerprint density at radius 1 is 1.35 bits per heavy atom. The highest BCUT2D eigenvalue weighted by Crippen LogP contribution is 2.31. The quantitative estimate of drug-likeness (QED) is 0.501. The molecule has 4 rings (SSSR count). The first-order valence-electron chi connectivity index (χ1n) is 11.0. The molecule has 1 aliphatic rings. The number of amides is 1. The largest absolute Gasteiger partial charge is 0.351 e. The van der Waals surface area contributed by atoms with Crippen LogP contribution in [-0.2, 0) is 27.7 Å². The maximum atomic E-state index is 13.4. The van der Waals surface area contributed by atoms with Crippen LogP contribution in [0.25, 0.3) is 21.3 Å². The minimum atomic E-state index is -3.09. The molecule has 3 aromatic rings. The van der Waals surface area contributed by atoms with Gasteiger partial charge in [-0.05, 0) is 18.5 Å². The lowest BCUT2D eigenvalue weighted by atomic mass is 10.1. The van der Waals surface area contributed by atoms with E-state index in [2.05, 4.69) is 5.32 Å². The van der Waals surface area contributed by atoms with E-state index in [4.69, 9.17) is 4.98 Å². The van der Waals surface area contributed by atoms with E-state index in [0.717, 1.165) is 11.1 Å².